The molecule has 0 radical (unpaired) electrons. The maximum absolute atomic E-state index is 15.1. The zero-order valence-corrected chi connectivity index (χ0v) is 78.8. The molecule has 33 atom stereocenters. The van der Waals surface area contributed by atoms with Gasteiger partial charge in [0.2, 0.25) is 35.4 Å². The Morgan fingerprint density at radius 3 is 1.33 bits per heavy atom. The summed E-state index contributed by atoms with van der Waals surface area (Å²) in [5.74, 6) is -4.41. The number of carbonyl (C=O) groups excluding carboxylic acids is 8. The topological polar surface area (TPSA) is 733 Å². The second-order valence-electron chi connectivity index (χ2n) is 37.4. The lowest BCUT2D eigenvalue weighted by molar-refractivity contribution is -0.403. The van der Waals surface area contributed by atoms with Gasteiger partial charge in [-0.2, -0.15) is 0 Å². The van der Waals surface area contributed by atoms with Gasteiger partial charge in [-0.3, -0.25) is 33.6 Å². The lowest BCUT2D eigenvalue weighted by atomic mass is 9.94. The van der Waals surface area contributed by atoms with Crippen LogP contribution in [0.2, 0.25) is 0 Å². The van der Waals surface area contributed by atoms with E-state index in [4.69, 9.17) is 67.3 Å². The Morgan fingerprint density at radius 2 is 0.865 bits per heavy atom. The Kier molecular flexibility index (Phi) is 40.4. The molecule has 0 saturated carbocycles. The van der Waals surface area contributed by atoms with E-state index in [9.17, 15) is 120 Å². The van der Waals surface area contributed by atoms with Crippen molar-refractivity contribution in [1.29, 1.82) is 0 Å². The van der Waals surface area contributed by atoms with Gasteiger partial charge in [0.1, 0.15) is 177 Å². The first-order valence-corrected chi connectivity index (χ1v) is 47.6. The van der Waals surface area contributed by atoms with E-state index in [0.717, 1.165) is 19.3 Å². The maximum atomic E-state index is 15.1. The molecule has 8 amide bonds. The van der Waals surface area contributed by atoms with Gasteiger partial charge in [0.05, 0.1) is 63.4 Å². The molecular weight excluding hydrogens is 1870 g/mol. The number of hydrogen-bond donors (Lipinski definition) is 24. The largest absolute Gasteiger partial charge is 0.461 e. The van der Waals surface area contributed by atoms with E-state index >= 15 is 4.79 Å². The predicted octanol–water partition coefficient (Wildman–Crippen LogP) is -6.00. The summed E-state index contributed by atoms with van der Waals surface area (Å²) >= 11 is 0. The van der Waals surface area contributed by atoms with Gasteiger partial charge in [0.25, 0.3) is 0 Å². The standard InChI is InChI=1S/C92H135N11O38/c1-41(2)17-8-7-9-24-59(110)97-49(83(125)99-61(42(3)4)84(126)98-50(22-16-32-95-92(93)128)82(124)96-46-27-25-44(26-28-46)40-129-85(127)43(5)6)21-14-15-31-94-58(109)29-30-60(111)102-33-45-18-10-11-19-47(45)62-63(48-20-12-13-23-51(48)102)103(101-100-62)34-52-76-64(112)70(118)86(130-52)137-77-53(35-104)132-88(72(120)66(77)114)139-79-55(37-106)134-90(74(122)68(79)116)141-81-57(39-108)135-91(75(123)69(81)117)140-80-56(38-107)133-89(73(121)67(80)115)138-78-54(36-105)131-87(136-76)71(119)65(78)113/h10-13,18-20,23,25-28,41-43,49-50,52-57,61,64-81,86-91,104-108,112-123H,7-9,14-17,21-22,24,29-40H2,1-6H3,(H,94,109)(H,96,124)(H,97,110)(H,98,126)(H,99,125)(H3,93,95,128)/t49-,50+,52?,53?,54?,55?,56?,57?,61+,64?,65?,66?,67?,68?,69?,70?,71?,72?,73?,74?,75?,76?,77?,78?,79?,80?,81?,86?,87?,88?,89?,90?,91?/m1/s1. The highest BCUT2D eigenvalue weighted by atomic mass is 16.8. The second-order valence-corrected chi connectivity index (χ2v) is 37.4. The van der Waals surface area contributed by atoms with Crippen LogP contribution in [0.5, 0.6) is 0 Å². The lowest BCUT2D eigenvalue weighted by Gasteiger charge is -2.50. The minimum atomic E-state index is -2.34. The highest BCUT2D eigenvalue weighted by Crippen LogP contribution is 2.45. The average Bonchev–Trinajstić information content (AvgIpc) is 1.59. The fraction of sp³-hybridized carbons (Fsp3) is 0.696. The number of para-hydroxylation sites is 1. The number of carbonyl (C=O) groups is 8. The molecule has 49 nitrogen and oxygen atoms in total. The van der Waals surface area contributed by atoms with E-state index in [0.29, 0.717) is 34.7 Å². The number of fused-ring (bicyclic) bond motifs is 5. The molecule has 25 N–H and O–H groups in total. The second kappa shape index (κ2) is 51.3. The molecule has 786 valence electrons. The molecule has 12 bridgehead atoms. The van der Waals surface area contributed by atoms with E-state index in [2.05, 4.69) is 56.1 Å². The van der Waals surface area contributed by atoms with Crippen molar-refractivity contribution in [1.82, 2.24) is 41.6 Å². The number of aliphatic hydroxyl groups excluding tert-OH is 17. The number of nitrogens with two attached hydrogens (primary N) is 1. The Bertz CT molecular complexity index is 4730. The van der Waals surface area contributed by atoms with Crippen molar-refractivity contribution in [3.05, 3.63) is 83.9 Å². The quantitative estimate of drug-likeness (QED) is 0.0149. The van der Waals surface area contributed by atoms with Crippen molar-refractivity contribution in [2.75, 3.05) is 56.3 Å². The number of urea groups is 1. The lowest BCUT2D eigenvalue weighted by Crippen LogP contribution is -2.69. The van der Waals surface area contributed by atoms with Gasteiger partial charge < -0.3 is 191 Å². The molecule has 1 aromatic heterocycles. The first-order chi connectivity index (χ1) is 67.4. The van der Waals surface area contributed by atoms with Crippen LogP contribution in [0.1, 0.15) is 130 Å². The van der Waals surface area contributed by atoms with Gasteiger partial charge in [-0.15, -0.1) is 5.10 Å². The van der Waals surface area contributed by atoms with Gasteiger partial charge in [0, 0.05) is 49.2 Å². The summed E-state index contributed by atoms with van der Waals surface area (Å²) in [5.41, 5.74) is 8.08. The molecule has 23 aliphatic heterocycles. The van der Waals surface area contributed by atoms with E-state index < -0.39 is 289 Å². The summed E-state index contributed by atoms with van der Waals surface area (Å²) in [6.45, 7) is 4.88. The molecular formula is C92H135N11O38. The number of unbranched alkanes of at least 4 members (excludes halogenated alkanes) is 3. The Balaban J connectivity index is 0.760. The fourth-order valence-electron chi connectivity index (χ4n) is 18.0. The Hall–Kier alpha value is -8.80. The number of hydrogen-bond acceptors (Lipinski definition) is 40. The summed E-state index contributed by atoms with van der Waals surface area (Å²) in [6, 6.07) is 15.4. The van der Waals surface area contributed by atoms with Crippen molar-refractivity contribution < 1.29 is 187 Å². The van der Waals surface area contributed by atoms with Crippen molar-refractivity contribution >= 4 is 58.8 Å². The molecule has 0 aliphatic carbocycles. The first kappa shape index (κ1) is 111. The molecule has 23 aliphatic rings. The van der Waals surface area contributed by atoms with Crippen molar-refractivity contribution in [2.45, 2.75) is 341 Å². The molecule has 22 saturated heterocycles. The van der Waals surface area contributed by atoms with Crippen LogP contribution in [0.4, 0.5) is 16.2 Å². The van der Waals surface area contributed by atoms with Crippen molar-refractivity contribution in [3.63, 3.8) is 0 Å². The highest BCUT2D eigenvalue weighted by Gasteiger charge is 2.60. The molecule has 24 heterocycles. The van der Waals surface area contributed by atoms with E-state index in [1.165, 1.54) is 9.58 Å². The van der Waals surface area contributed by atoms with Crippen LogP contribution in [0.15, 0.2) is 72.8 Å². The van der Waals surface area contributed by atoms with Crippen LogP contribution >= 0.6 is 0 Å². The molecule has 3 aromatic carbocycles. The number of nitrogens with zero attached hydrogens (tertiary/aromatic N) is 4. The summed E-state index contributed by atoms with van der Waals surface area (Å²) in [7, 11) is 0. The summed E-state index contributed by atoms with van der Waals surface area (Å²) in [6.07, 6.45) is -59.2. The van der Waals surface area contributed by atoms with Crippen molar-refractivity contribution in [2.24, 2.45) is 23.5 Å². The number of aliphatic hydroxyl groups is 17. The average molecular weight is 2000 g/mol. The number of aromatic nitrogens is 3. The normalized spacial score (nSPS) is 32.9. The monoisotopic (exact) mass is 2000 g/mol. The summed E-state index contributed by atoms with van der Waals surface area (Å²) in [4.78, 5) is 111. The Morgan fingerprint density at radius 1 is 0.433 bits per heavy atom. The van der Waals surface area contributed by atoms with Crippen LogP contribution < -0.4 is 42.5 Å². The molecule has 4 aromatic rings. The Labute approximate surface area is 810 Å². The molecule has 141 heavy (non-hydrogen) atoms. The predicted molar refractivity (Wildman–Crippen MR) is 482 cm³/mol. The van der Waals surface area contributed by atoms with Gasteiger partial charge in [-0.25, -0.2) is 9.48 Å². The fourth-order valence-corrected chi connectivity index (χ4v) is 18.0. The molecule has 49 heteroatoms. The van der Waals surface area contributed by atoms with Gasteiger partial charge >= 0.3 is 12.0 Å². The summed E-state index contributed by atoms with van der Waals surface area (Å²) < 4.78 is 78.6. The molecule has 30 unspecified atom stereocenters. The van der Waals surface area contributed by atoms with E-state index in [-0.39, 0.29) is 112 Å². The third-order valence-electron chi connectivity index (χ3n) is 26.0. The van der Waals surface area contributed by atoms with Gasteiger partial charge in [0.15, 0.2) is 37.7 Å². The van der Waals surface area contributed by atoms with Gasteiger partial charge in [-0.1, -0.05) is 121 Å². The van der Waals surface area contributed by atoms with E-state index in [1.807, 2.05) is 0 Å². The minimum absolute atomic E-state index is 0.00283. The number of esters is 1. The van der Waals surface area contributed by atoms with Crippen LogP contribution in [-0.4, -0.2) is 398 Å². The van der Waals surface area contributed by atoms with Crippen molar-refractivity contribution in [3.8, 4) is 22.5 Å². The third kappa shape index (κ3) is 27.3. The third-order valence-corrected chi connectivity index (χ3v) is 26.0. The van der Waals surface area contributed by atoms with Crippen LogP contribution in [0.3, 0.4) is 0 Å². The highest BCUT2D eigenvalue weighted by molar-refractivity contribution is 6.02. The van der Waals surface area contributed by atoms with Crippen LogP contribution in [0.25, 0.3) is 22.5 Å². The number of ether oxygens (including phenoxy) is 13. The maximum Gasteiger partial charge on any atom is 0.312 e. The van der Waals surface area contributed by atoms with Crippen LogP contribution in [0, 0.1) is 17.8 Å². The number of nitrogens with one attached hydrogen (secondary N) is 6. The zero-order valence-electron chi connectivity index (χ0n) is 78.8. The zero-order chi connectivity index (χ0) is 102. The number of primary amides is 1. The number of rotatable bonds is 36. The number of anilines is 2. The van der Waals surface area contributed by atoms with E-state index in [1.54, 1.807) is 100 Å². The molecule has 22 fully saturated rings. The summed E-state index contributed by atoms with van der Waals surface area (Å²) in [5, 5.41) is 222. The van der Waals surface area contributed by atoms with Crippen LogP contribution in [-0.2, 0) is 115 Å². The smallest absolute Gasteiger partial charge is 0.312 e. The SMILES string of the molecule is CC(C)CCCCCC(=O)N[C@H](CCCCNC(=O)CCC(=O)N1Cc2ccccc2-c2nnn(CC3OC4OC5C(CO)OC(OC6C(CO)OC(OC7C(CO)OC(OC8C(CO)OC(OC9C(CO)OC(OC3C(O)C4O)C(O)C9O)C(O)C8O)C(O)C7O)C(O)C6O)C(O)C5O)c2-c2ccccc21)C(=O)N[C@H](C(=O)N[C@@H](CCCNC(N)=O)C(=O)Nc1ccc(COC(=O)C(C)C)cc1)C(C)C. The molecule has 0 spiro atoms. The number of amides is 8. The minimum Gasteiger partial charge on any atom is -0.461 e. The van der Waals surface area contributed by atoms with Gasteiger partial charge in [-0.05, 0) is 79.7 Å². The molecule has 27 rings (SSSR count). The number of benzene rings is 3. The first-order valence-electron chi connectivity index (χ1n) is 47.6.